The quantitative estimate of drug-likeness (QED) is 0.327. The highest BCUT2D eigenvalue weighted by atomic mass is 127. The van der Waals surface area contributed by atoms with Crippen molar-refractivity contribution in [3.63, 3.8) is 0 Å². The molecule has 0 atom stereocenters. The normalized spacial score (nSPS) is 11.3. The van der Waals surface area contributed by atoms with E-state index in [1.165, 1.54) is 12.1 Å². The van der Waals surface area contributed by atoms with Crippen LogP contribution < -0.4 is 10.6 Å². The molecule has 0 heterocycles. The Bertz CT molecular complexity index is 766. The SMILES string of the molecule is CCNC(=NCc1ccc(F)c(CN(C)C)c1)NCCc1ccccc1F.I. The van der Waals surface area contributed by atoms with Gasteiger partial charge in [-0.3, -0.25) is 0 Å². The average molecular weight is 502 g/mol. The lowest BCUT2D eigenvalue weighted by atomic mass is 10.1. The van der Waals surface area contributed by atoms with Crippen molar-refractivity contribution in [2.24, 2.45) is 4.99 Å². The molecular weight excluding hydrogens is 473 g/mol. The summed E-state index contributed by atoms with van der Waals surface area (Å²) in [6.07, 6.45) is 0.570. The highest BCUT2D eigenvalue weighted by Crippen LogP contribution is 2.13. The third kappa shape index (κ3) is 8.10. The first-order valence-corrected chi connectivity index (χ1v) is 9.17. The van der Waals surface area contributed by atoms with Gasteiger partial charge >= 0.3 is 0 Å². The van der Waals surface area contributed by atoms with Crippen LogP contribution >= 0.6 is 24.0 Å². The molecule has 0 saturated carbocycles. The second-order valence-corrected chi connectivity index (χ2v) is 6.63. The number of nitrogens with one attached hydrogen (secondary N) is 2. The van der Waals surface area contributed by atoms with Gasteiger partial charge in [0, 0.05) is 25.2 Å². The summed E-state index contributed by atoms with van der Waals surface area (Å²) in [5, 5.41) is 6.39. The molecule has 0 aromatic heterocycles. The largest absolute Gasteiger partial charge is 0.357 e. The van der Waals surface area contributed by atoms with Crippen molar-refractivity contribution < 1.29 is 8.78 Å². The highest BCUT2D eigenvalue weighted by molar-refractivity contribution is 14.0. The van der Waals surface area contributed by atoms with Crippen LogP contribution in [0.3, 0.4) is 0 Å². The van der Waals surface area contributed by atoms with Gasteiger partial charge in [0.1, 0.15) is 11.6 Å². The smallest absolute Gasteiger partial charge is 0.191 e. The molecule has 0 bridgehead atoms. The fourth-order valence-corrected chi connectivity index (χ4v) is 2.72. The minimum atomic E-state index is -0.202. The maximum absolute atomic E-state index is 13.9. The van der Waals surface area contributed by atoms with Crippen LogP contribution in [0.25, 0.3) is 0 Å². The van der Waals surface area contributed by atoms with Gasteiger partial charge in [0.25, 0.3) is 0 Å². The van der Waals surface area contributed by atoms with Gasteiger partial charge in [-0.1, -0.05) is 24.3 Å². The summed E-state index contributed by atoms with van der Waals surface area (Å²) in [7, 11) is 3.82. The Hall–Kier alpha value is -1.74. The monoisotopic (exact) mass is 502 g/mol. The molecule has 0 fully saturated rings. The highest BCUT2D eigenvalue weighted by Gasteiger charge is 2.06. The molecule has 2 rings (SSSR count). The summed E-state index contributed by atoms with van der Waals surface area (Å²) in [4.78, 5) is 6.48. The summed E-state index contributed by atoms with van der Waals surface area (Å²) in [6, 6.07) is 11.9. The molecule has 28 heavy (non-hydrogen) atoms. The number of halogens is 3. The van der Waals surface area contributed by atoms with E-state index in [1.807, 2.05) is 38.1 Å². The molecular formula is C21H29F2IN4. The van der Waals surface area contributed by atoms with Crippen LogP contribution in [0.4, 0.5) is 8.78 Å². The van der Waals surface area contributed by atoms with Crippen molar-refractivity contribution in [2.45, 2.75) is 26.4 Å². The molecule has 0 aliphatic heterocycles. The molecule has 7 heteroatoms. The minimum Gasteiger partial charge on any atom is -0.357 e. The summed E-state index contributed by atoms with van der Waals surface area (Å²) >= 11 is 0. The van der Waals surface area contributed by atoms with Crippen molar-refractivity contribution in [3.05, 3.63) is 70.8 Å². The van der Waals surface area contributed by atoms with E-state index >= 15 is 0 Å². The maximum atomic E-state index is 13.9. The molecule has 0 saturated heterocycles. The molecule has 154 valence electrons. The maximum Gasteiger partial charge on any atom is 0.191 e. The molecule has 0 radical (unpaired) electrons. The molecule has 0 aliphatic rings. The number of hydrogen-bond donors (Lipinski definition) is 2. The molecule has 0 amide bonds. The molecule has 2 aromatic rings. The van der Waals surface area contributed by atoms with E-state index in [9.17, 15) is 8.78 Å². The van der Waals surface area contributed by atoms with Gasteiger partial charge in [-0.2, -0.15) is 0 Å². The van der Waals surface area contributed by atoms with E-state index in [2.05, 4.69) is 15.6 Å². The second kappa shape index (κ2) is 12.7. The van der Waals surface area contributed by atoms with Gasteiger partial charge in [0.05, 0.1) is 6.54 Å². The predicted octanol–water partition coefficient (Wildman–Crippen LogP) is 3.94. The average Bonchev–Trinajstić information content (AvgIpc) is 2.63. The number of nitrogens with zero attached hydrogens (tertiary/aromatic N) is 2. The Balaban J connectivity index is 0.00000392. The molecule has 0 spiro atoms. The zero-order valence-electron chi connectivity index (χ0n) is 16.6. The summed E-state index contributed by atoms with van der Waals surface area (Å²) in [5.74, 6) is 0.264. The van der Waals surface area contributed by atoms with Gasteiger partial charge in [-0.15, -0.1) is 24.0 Å². The van der Waals surface area contributed by atoms with E-state index in [0.717, 1.165) is 12.1 Å². The van der Waals surface area contributed by atoms with Gasteiger partial charge in [-0.05, 0) is 56.8 Å². The summed E-state index contributed by atoms with van der Waals surface area (Å²) in [5.41, 5.74) is 2.28. The second-order valence-electron chi connectivity index (χ2n) is 6.63. The van der Waals surface area contributed by atoms with Crippen molar-refractivity contribution in [1.82, 2.24) is 15.5 Å². The lowest BCUT2D eigenvalue weighted by Crippen LogP contribution is -2.38. The number of guanidine groups is 1. The first kappa shape index (κ1) is 24.3. The third-order valence-corrected chi connectivity index (χ3v) is 4.01. The first-order chi connectivity index (χ1) is 13.0. The minimum absolute atomic E-state index is 0. The van der Waals surface area contributed by atoms with Crippen LogP contribution in [0.5, 0.6) is 0 Å². The number of aliphatic imine (C=N–C) groups is 1. The molecule has 4 nitrogen and oxygen atoms in total. The Labute approximate surface area is 183 Å². The van der Waals surface area contributed by atoms with E-state index in [1.54, 1.807) is 18.2 Å². The predicted molar refractivity (Wildman–Crippen MR) is 122 cm³/mol. The number of benzene rings is 2. The van der Waals surface area contributed by atoms with Crippen LogP contribution in [0.15, 0.2) is 47.5 Å². The fourth-order valence-electron chi connectivity index (χ4n) is 2.72. The lowest BCUT2D eigenvalue weighted by Gasteiger charge is -2.13. The molecule has 2 N–H and O–H groups in total. The van der Waals surface area contributed by atoms with Crippen molar-refractivity contribution in [2.75, 3.05) is 27.2 Å². The molecule has 0 aliphatic carbocycles. The Morgan fingerprint density at radius 1 is 1.00 bits per heavy atom. The van der Waals surface area contributed by atoms with Crippen molar-refractivity contribution in [1.29, 1.82) is 0 Å². The van der Waals surface area contributed by atoms with Gasteiger partial charge < -0.3 is 15.5 Å². The Morgan fingerprint density at radius 3 is 2.39 bits per heavy atom. The van der Waals surface area contributed by atoms with Crippen LogP contribution in [0, 0.1) is 11.6 Å². The standard InChI is InChI=1S/C21H28F2N4.HI/c1-4-24-21(25-12-11-17-7-5-6-8-19(17)22)26-14-16-9-10-20(23)18(13-16)15-27(2)3;/h5-10,13H,4,11-12,14-15H2,1-3H3,(H2,24,25,26);1H. The lowest BCUT2D eigenvalue weighted by molar-refractivity contribution is 0.392. The van der Waals surface area contributed by atoms with Crippen LogP contribution in [0.1, 0.15) is 23.6 Å². The number of rotatable bonds is 8. The molecule has 2 aromatic carbocycles. The van der Waals surface area contributed by atoms with Crippen molar-refractivity contribution in [3.8, 4) is 0 Å². The van der Waals surface area contributed by atoms with E-state index in [4.69, 9.17) is 0 Å². The Morgan fingerprint density at radius 2 is 1.71 bits per heavy atom. The van der Waals surface area contributed by atoms with Gasteiger partial charge in [0.2, 0.25) is 0 Å². The van der Waals surface area contributed by atoms with Gasteiger partial charge in [-0.25, -0.2) is 13.8 Å². The van der Waals surface area contributed by atoms with Gasteiger partial charge in [0.15, 0.2) is 5.96 Å². The molecule has 0 unspecified atom stereocenters. The summed E-state index contributed by atoms with van der Waals surface area (Å²) in [6.45, 7) is 4.27. The number of hydrogen-bond acceptors (Lipinski definition) is 2. The zero-order valence-corrected chi connectivity index (χ0v) is 19.0. The van der Waals surface area contributed by atoms with Crippen LogP contribution in [0.2, 0.25) is 0 Å². The van der Waals surface area contributed by atoms with E-state index < -0.39 is 0 Å². The Kier molecular flexibility index (Phi) is 11.0. The fraction of sp³-hybridized carbons (Fsp3) is 0.381. The van der Waals surface area contributed by atoms with E-state index in [0.29, 0.717) is 43.1 Å². The van der Waals surface area contributed by atoms with Crippen molar-refractivity contribution >= 4 is 29.9 Å². The zero-order chi connectivity index (χ0) is 19.6. The van der Waals surface area contributed by atoms with Crippen LogP contribution in [-0.2, 0) is 19.5 Å². The summed E-state index contributed by atoms with van der Waals surface area (Å²) < 4.78 is 27.6. The van der Waals surface area contributed by atoms with E-state index in [-0.39, 0.29) is 35.6 Å². The first-order valence-electron chi connectivity index (χ1n) is 9.17. The topological polar surface area (TPSA) is 39.7 Å². The van der Waals surface area contributed by atoms with Crippen LogP contribution in [-0.4, -0.2) is 38.0 Å². The third-order valence-electron chi connectivity index (χ3n) is 4.01.